The average Bonchev–Trinajstić information content (AvgIpc) is 1.89. The summed E-state index contributed by atoms with van der Waals surface area (Å²) in [7, 11) is 0. The van der Waals surface area contributed by atoms with Crippen LogP contribution in [0, 0.1) is 0 Å². The Bertz CT molecular complexity index is 76.0. The molecule has 0 spiro atoms. The first kappa shape index (κ1) is 12.6. The third kappa shape index (κ3) is 10.8. The molecule has 0 fully saturated rings. The molecule has 0 aromatic rings. The second kappa shape index (κ2) is 11.7. The van der Waals surface area contributed by atoms with E-state index < -0.39 is 0 Å². The average molecular weight is 166 g/mol. The van der Waals surface area contributed by atoms with Crippen LogP contribution in [0.15, 0.2) is 12.2 Å². The number of nitrogens with one attached hydrogen (secondary N) is 1. The maximum Gasteiger partial charge on any atom is 0.0210 e. The molecule has 0 aromatic carbocycles. The molecule has 10 heavy (non-hydrogen) atoms. The van der Waals surface area contributed by atoms with Crippen molar-refractivity contribution in [3.63, 3.8) is 0 Å². The van der Waals surface area contributed by atoms with Gasteiger partial charge in [-0.2, -0.15) is 0 Å². The number of allylic oxidation sites excluding steroid dienone is 2. The van der Waals surface area contributed by atoms with E-state index in [2.05, 4.69) is 24.6 Å². The van der Waals surface area contributed by atoms with Crippen molar-refractivity contribution in [2.45, 2.75) is 26.2 Å². The SMILES string of the molecule is CCC=CCCCNO.Cl. The molecule has 0 bridgehead atoms. The monoisotopic (exact) mass is 165 g/mol. The topological polar surface area (TPSA) is 32.3 Å². The van der Waals surface area contributed by atoms with Crippen LogP contribution in [0.5, 0.6) is 0 Å². The van der Waals surface area contributed by atoms with Crippen LogP contribution >= 0.6 is 12.4 Å². The Morgan fingerprint density at radius 3 is 2.60 bits per heavy atom. The van der Waals surface area contributed by atoms with Gasteiger partial charge in [-0.05, 0) is 19.3 Å². The summed E-state index contributed by atoms with van der Waals surface area (Å²) in [6.45, 7) is 2.80. The van der Waals surface area contributed by atoms with Gasteiger partial charge in [0.25, 0.3) is 0 Å². The van der Waals surface area contributed by atoms with E-state index in [4.69, 9.17) is 5.21 Å². The zero-order valence-electron chi connectivity index (χ0n) is 6.34. The van der Waals surface area contributed by atoms with E-state index in [9.17, 15) is 0 Å². The standard InChI is InChI=1S/C7H15NO.ClH/c1-2-3-4-5-6-7-8-9;/h3-4,8-9H,2,5-7H2,1H3;1H. The van der Waals surface area contributed by atoms with Gasteiger partial charge < -0.3 is 5.21 Å². The summed E-state index contributed by atoms with van der Waals surface area (Å²) in [5.74, 6) is 0. The Morgan fingerprint density at radius 1 is 1.40 bits per heavy atom. The zero-order valence-corrected chi connectivity index (χ0v) is 7.16. The van der Waals surface area contributed by atoms with Crippen LogP contribution in [-0.2, 0) is 0 Å². The van der Waals surface area contributed by atoms with Gasteiger partial charge in [-0.3, -0.25) is 0 Å². The van der Waals surface area contributed by atoms with Crippen molar-refractivity contribution in [3.05, 3.63) is 12.2 Å². The second-order valence-corrected chi connectivity index (χ2v) is 1.93. The maximum atomic E-state index is 8.15. The van der Waals surface area contributed by atoms with Crippen molar-refractivity contribution >= 4 is 12.4 Å². The van der Waals surface area contributed by atoms with Gasteiger partial charge in [-0.1, -0.05) is 19.1 Å². The first-order chi connectivity index (χ1) is 4.41. The van der Waals surface area contributed by atoms with E-state index in [1.165, 1.54) is 0 Å². The molecule has 0 atom stereocenters. The summed E-state index contributed by atoms with van der Waals surface area (Å²) >= 11 is 0. The summed E-state index contributed by atoms with van der Waals surface area (Å²) in [5, 5.41) is 8.15. The van der Waals surface area contributed by atoms with Gasteiger partial charge in [-0.15, -0.1) is 12.4 Å². The molecular formula is C7H16ClNO. The Morgan fingerprint density at radius 2 is 2.10 bits per heavy atom. The molecule has 0 rings (SSSR count). The van der Waals surface area contributed by atoms with Crippen LogP contribution in [0.25, 0.3) is 0 Å². The summed E-state index contributed by atoms with van der Waals surface area (Å²) in [6.07, 6.45) is 7.44. The fourth-order valence-electron chi connectivity index (χ4n) is 0.583. The van der Waals surface area contributed by atoms with Gasteiger partial charge in [0.05, 0.1) is 0 Å². The molecule has 2 N–H and O–H groups in total. The molecule has 0 saturated carbocycles. The van der Waals surface area contributed by atoms with Crippen molar-refractivity contribution in [2.24, 2.45) is 0 Å². The normalized spacial score (nSPS) is 9.80. The van der Waals surface area contributed by atoms with Crippen molar-refractivity contribution in [1.82, 2.24) is 5.48 Å². The predicted octanol–water partition coefficient (Wildman–Crippen LogP) is 2.13. The molecule has 2 nitrogen and oxygen atoms in total. The van der Waals surface area contributed by atoms with Crippen molar-refractivity contribution < 1.29 is 5.21 Å². The Balaban J connectivity index is 0. The predicted molar refractivity (Wildman–Crippen MR) is 45.7 cm³/mol. The minimum absolute atomic E-state index is 0. The van der Waals surface area contributed by atoms with Crippen LogP contribution in [0.3, 0.4) is 0 Å². The lowest BCUT2D eigenvalue weighted by Crippen LogP contribution is -2.07. The van der Waals surface area contributed by atoms with E-state index in [0.29, 0.717) is 6.54 Å². The zero-order chi connectivity index (χ0) is 6.95. The largest absolute Gasteiger partial charge is 0.317 e. The van der Waals surface area contributed by atoms with Gasteiger partial charge in [0.2, 0.25) is 0 Å². The van der Waals surface area contributed by atoms with Crippen molar-refractivity contribution in [1.29, 1.82) is 0 Å². The van der Waals surface area contributed by atoms with Crippen molar-refractivity contribution in [3.8, 4) is 0 Å². The molecule has 0 amide bonds. The fraction of sp³-hybridized carbons (Fsp3) is 0.714. The number of halogens is 1. The quantitative estimate of drug-likeness (QED) is 0.372. The van der Waals surface area contributed by atoms with E-state index in [-0.39, 0.29) is 12.4 Å². The number of rotatable bonds is 5. The fourth-order valence-corrected chi connectivity index (χ4v) is 0.583. The smallest absolute Gasteiger partial charge is 0.0210 e. The van der Waals surface area contributed by atoms with Gasteiger partial charge in [0, 0.05) is 6.54 Å². The third-order valence-electron chi connectivity index (χ3n) is 1.06. The van der Waals surface area contributed by atoms with Crippen LogP contribution in [0.4, 0.5) is 0 Å². The molecule has 0 aliphatic rings. The van der Waals surface area contributed by atoms with E-state index in [1.807, 2.05) is 0 Å². The molecule has 0 aliphatic carbocycles. The number of hydroxylamine groups is 1. The number of hydrogen-bond acceptors (Lipinski definition) is 2. The lowest BCUT2D eigenvalue weighted by molar-refractivity contribution is 0.166. The molecule has 0 aromatic heterocycles. The molecule has 0 heterocycles. The molecular weight excluding hydrogens is 150 g/mol. The highest BCUT2D eigenvalue weighted by Gasteiger charge is 1.79. The van der Waals surface area contributed by atoms with Crippen LogP contribution in [0.2, 0.25) is 0 Å². The molecule has 62 valence electrons. The van der Waals surface area contributed by atoms with Gasteiger partial charge >= 0.3 is 0 Å². The Hall–Kier alpha value is -0.0500. The van der Waals surface area contributed by atoms with Gasteiger partial charge in [-0.25, -0.2) is 5.48 Å². The molecule has 0 radical (unpaired) electrons. The first-order valence-electron chi connectivity index (χ1n) is 3.43. The Kier molecular flexibility index (Phi) is 14.8. The van der Waals surface area contributed by atoms with E-state index in [0.717, 1.165) is 19.3 Å². The van der Waals surface area contributed by atoms with Crippen LogP contribution in [0.1, 0.15) is 26.2 Å². The lowest BCUT2D eigenvalue weighted by atomic mass is 10.3. The third-order valence-corrected chi connectivity index (χ3v) is 1.06. The minimum Gasteiger partial charge on any atom is -0.317 e. The second-order valence-electron chi connectivity index (χ2n) is 1.93. The summed E-state index contributed by atoms with van der Waals surface area (Å²) in [4.78, 5) is 0. The molecule has 3 heteroatoms. The molecule has 0 unspecified atom stereocenters. The summed E-state index contributed by atoms with van der Waals surface area (Å²) < 4.78 is 0. The first-order valence-corrected chi connectivity index (χ1v) is 3.43. The minimum atomic E-state index is 0. The summed E-state index contributed by atoms with van der Waals surface area (Å²) in [6, 6.07) is 0. The highest BCUT2D eigenvalue weighted by Crippen LogP contribution is 1.89. The number of hydrogen-bond donors (Lipinski definition) is 2. The molecule has 0 saturated heterocycles. The highest BCUT2D eigenvalue weighted by atomic mass is 35.5. The number of unbranched alkanes of at least 4 members (excludes halogenated alkanes) is 1. The molecule has 0 aliphatic heterocycles. The maximum absolute atomic E-state index is 8.15. The van der Waals surface area contributed by atoms with E-state index >= 15 is 0 Å². The van der Waals surface area contributed by atoms with Crippen LogP contribution in [-0.4, -0.2) is 11.8 Å². The Labute approximate surface area is 68.7 Å². The van der Waals surface area contributed by atoms with Crippen LogP contribution < -0.4 is 5.48 Å². The van der Waals surface area contributed by atoms with E-state index in [1.54, 1.807) is 0 Å². The highest BCUT2D eigenvalue weighted by molar-refractivity contribution is 5.85. The van der Waals surface area contributed by atoms with Gasteiger partial charge in [0.1, 0.15) is 0 Å². The van der Waals surface area contributed by atoms with Crippen molar-refractivity contribution in [2.75, 3.05) is 6.54 Å². The summed E-state index contributed by atoms with van der Waals surface area (Å²) in [5.41, 5.74) is 2.11. The van der Waals surface area contributed by atoms with Gasteiger partial charge in [0.15, 0.2) is 0 Å². The lowest BCUT2D eigenvalue weighted by Gasteiger charge is -1.91.